The smallest absolute Gasteiger partial charge is 0.324 e. The molecule has 0 amide bonds. The molecule has 1 rings (SSSR count). The van der Waals surface area contributed by atoms with Crippen LogP contribution in [0.3, 0.4) is 0 Å². The van der Waals surface area contributed by atoms with Gasteiger partial charge in [0.2, 0.25) is 0 Å². The number of nitrogens with two attached hydrogens (primary N) is 1. The van der Waals surface area contributed by atoms with E-state index in [2.05, 4.69) is 0 Å². The zero-order valence-electron chi connectivity index (χ0n) is 9.20. The molecule has 0 saturated heterocycles. The highest BCUT2D eigenvalue weighted by Gasteiger charge is 2.65. The minimum absolute atomic E-state index is 0.193. The normalized spacial score (nSPS) is 38.9. The monoisotopic (exact) mass is 215 g/mol. The molecule has 0 aromatic rings. The Balaban J connectivity index is 3.26. The van der Waals surface area contributed by atoms with Gasteiger partial charge >= 0.3 is 11.9 Å². The molecule has 2 atom stereocenters. The molecule has 1 aliphatic carbocycles. The summed E-state index contributed by atoms with van der Waals surface area (Å²) in [6.07, 6.45) is 0.482. The van der Waals surface area contributed by atoms with Crippen LogP contribution in [-0.4, -0.2) is 27.7 Å². The van der Waals surface area contributed by atoms with Gasteiger partial charge in [-0.2, -0.15) is 0 Å². The summed E-state index contributed by atoms with van der Waals surface area (Å²) in [6.45, 7) is 4.79. The molecular formula is C10H17NO4. The molecule has 0 unspecified atom stereocenters. The molecule has 0 spiro atoms. The molecule has 5 heteroatoms. The van der Waals surface area contributed by atoms with E-state index in [1.807, 2.05) is 0 Å². The molecule has 0 aromatic carbocycles. The predicted octanol–water partition coefficient (Wildman–Crippen LogP) is 0.679. The number of carbonyl (C=O) groups is 2. The Kier molecular flexibility index (Phi) is 2.35. The molecule has 0 bridgehead atoms. The highest BCUT2D eigenvalue weighted by Crippen LogP contribution is 2.57. The second kappa shape index (κ2) is 2.95. The maximum Gasteiger partial charge on any atom is 0.324 e. The molecule has 1 aliphatic rings. The van der Waals surface area contributed by atoms with Crippen LogP contribution in [-0.2, 0) is 9.59 Å². The quantitative estimate of drug-likeness (QED) is 0.628. The fraction of sp³-hybridized carbons (Fsp3) is 0.800. The van der Waals surface area contributed by atoms with Crippen molar-refractivity contribution in [3.63, 3.8) is 0 Å². The van der Waals surface area contributed by atoms with Crippen molar-refractivity contribution in [1.82, 2.24) is 0 Å². The lowest BCUT2D eigenvalue weighted by atomic mass is 9.63. The lowest BCUT2D eigenvalue weighted by Crippen LogP contribution is -2.60. The van der Waals surface area contributed by atoms with Crippen LogP contribution in [0.5, 0.6) is 0 Å². The first-order valence-corrected chi connectivity index (χ1v) is 4.85. The van der Waals surface area contributed by atoms with Crippen molar-refractivity contribution in [2.45, 2.75) is 39.2 Å². The van der Waals surface area contributed by atoms with Crippen LogP contribution in [0.2, 0.25) is 0 Å². The topological polar surface area (TPSA) is 101 Å². The van der Waals surface area contributed by atoms with Crippen LogP contribution in [0.4, 0.5) is 0 Å². The van der Waals surface area contributed by atoms with E-state index < -0.39 is 28.3 Å². The first-order chi connectivity index (χ1) is 6.59. The van der Waals surface area contributed by atoms with Crippen LogP contribution < -0.4 is 5.73 Å². The van der Waals surface area contributed by atoms with Crippen LogP contribution in [0, 0.1) is 10.8 Å². The second-order valence-corrected chi connectivity index (χ2v) is 5.04. The van der Waals surface area contributed by atoms with E-state index in [1.165, 1.54) is 0 Å². The SMILES string of the molecule is CC1(C)[C@](C)(C(=O)O)CC[C@@]1(N)C(=O)O. The average molecular weight is 215 g/mol. The van der Waals surface area contributed by atoms with Crippen molar-refractivity contribution in [3.05, 3.63) is 0 Å². The molecule has 15 heavy (non-hydrogen) atoms. The lowest BCUT2D eigenvalue weighted by molar-refractivity contribution is -0.159. The Bertz CT molecular complexity index is 295. The number of aliphatic carboxylic acids is 2. The molecule has 0 heterocycles. The van der Waals surface area contributed by atoms with Gasteiger partial charge in [0.1, 0.15) is 5.54 Å². The highest BCUT2D eigenvalue weighted by molar-refractivity contribution is 5.85. The third kappa shape index (κ3) is 1.19. The van der Waals surface area contributed by atoms with E-state index in [4.69, 9.17) is 10.8 Å². The van der Waals surface area contributed by atoms with E-state index in [0.717, 1.165) is 0 Å². The molecule has 0 aliphatic heterocycles. The van der Waals surface area contributed by atoms with Crippen LogP contribution in [0.1, 0.15) is 33.6 Å². The zero-order chi connectivity index (χ0) is 12.1. The van der Waals surface area contributed by atoms with Gasteiger partial charge in [0.05, 0.1) is 5.41 Å². The standard InChI is InChI=1S/C10H17NO4/c1-8(2)9(3,6(12)13)4-5-10(8,11)7(14)15/h4-5,11H2,1-3H3,(H,12,13)(H,14,15)/t9-,10+/m0/s1. The Morgan fingerprint density at radius 1 is 1.07 bits per heavy atom. The largest absolute Gasteiger partial charge is 0.481 e. The number of hydrogen-bond donors (Lipinski definition) is 3. The summed E-state index contributed by atoms with van der Waals surface area (Å²) in [5.74, 6) is -2.11. The number of carboxylic acids is 2. The van der Waals surface area contributed by atoms with Crippen molar-refractivity contribution in [3.8, 4) is 0 Å². The van der Waals surface area contributed by atoms with Gasteiger partial charge in [-0.3, -0.25) is 9.59 Å². The molecule has 5 nitrogen and oxygen atoms in total. The van der Waals surface area contributed by atoms with Crippen molar-refractivity contribution < 1.29 is 19.8 Å². The summed E-state index contributed by atoms with van der Waals surface area (Å²) >= 11 is 0. The van der Waals surface area contributed by atoms with E-state index in [9.17, 15) is 14.7 Å². The summed E-state index contributed by atoms with van der Waals surface area (Å²) in [7, 11) is 0. The highest BCUT2D eigenvalue weighted by atomic mass is 16.4. The van der Waals surface area contributed by atoms with Crippen molar-refractivity contribution >= 4 is 11.9 Å². The number of carboxylic acid groups (broad SMARTS) is 2. The third-order valence-electron chi connectivity index (χ3n) is 4.37. The van der Waals surface area contributed by atoms with Gasteiger partial charge in [0.15, 0.2) is 0 Å². The minimum Gasteiger partial charge on any atom is -0.481 e. The van der Waals surface area contributed by atoms with E-state index in [1.54, 1.807) is 20.8 Å². The lowest BCUT2D eigenvalue weighted by Gasteiger charge is -2.42. The first kappa shape index (κ1) is 12.0. The summed E-state index contributed by atoms with van der Waals surface area (Å²) in [5, 5.41) is 18.3. The van der Waals surface area contributed by atoms with Crippen LogP contribution in [0.15, 0.2) is 0 Å². The van der Waals surface area contributed by atoms with E-state index >= 15 is 0 Å². The predicted molar refractivity (Wildman–Crippen MR) is 53.3 cm³/mol. The summed E-state index contributed by atoms with van der Waals surface area (Å²) in [5.41, 5.74) is 2.31. The van der Waals surface area contributed by atoms with E-state index in [0.29, 0.717) is 0 Å². The zero-order valence-corrected chi connectivity index (χ0v) is 9.20. The third-order valence-corrected chi connectivity index (χ3v) is 4.37. The number of hydrogen-bond acceptors (Lipinski definition) is 3. The average Bonchev–Trinajstić information content (AvgIpc) is 2.28. The Labute approximate surface area is 88.3 Å². The maximum atomic E-state index is 11.2. The van der Waals surface area contributed by atoms with Gasteiger partial charge in [-0.1, -0.05) is 13.8 Å². The summed E-state index contributed by atoms with van der Waals surface area (Å²) in [4.78, 5) is 22.3. The van der Waals surface area contributed by atoms with Crippen molar-refractivity contribution in [1.29, 1.82) is 0 Å². The Hall–Kier alpha value is -1.10. The molecule has 4 N–H and O–H groups in total. The maximum absolute atomic E-state index is 11.2. The Morgan fingerprint density at radius 2 is 1.53 bits per heavy atom. The van der Waals surface area contributed by atoms with Gasteiger partial charge in [0.25, 0.3) is 0 Å². The van der Waals surface area contributed by atoms with Gasteiger partial charge in [-0.25, -0.2) is 0 Å². The summed E-state index contributed by atoms with van der Waals surface area (Å²) < 4.78 is 0. The Morgan fingerprint density at radius 3 is 1.73 bits per heavy atom. The molecule has 0 aromatic heterocycles. The molecule has 86 valence electrons. The van der Waals surface area contributed by atoms with Crippen LogP contribution >= 0.6 is 0 Å². The van der Waals surface area contributed by atoms with Gasteiger partial charge < -0.3 is 15.9 Å². The van der Waals surface area contributed by atoms with E-state index in [-0.39, 0.29) is 12.8 Å². The summed E-state index contributed by atoms with van der Waals surface area (Å²) in [6, 6.07) is 0. The molecule has 1 fully saturated rings. The molecule has 0 radical (unpaired) electrons. The van der Waals surface area contributed by atoms with Crippen LogP contribution in [0.25, 0.3) is 0 Å². The van der Waals surface area contributed by atoms with Gasteiger partial charge in [-0.05, 0) is 19.8 Å². The molecule has 1 saturated carbocycles. The van der Waals surface area contributed by atoms with Crippen molar-refractivity contribution in [2.24, 2.45) is 16.6 Å². The van der Waals surface area contributed by atoms with Gasteiger partial charge in [-0.15, -0.1) is 0 Å². The number of rotatable bonds is 2. The fourth-order valence-corrected chi connectivity index (χ4v) is 2.31. The second-order valence-electron chi connectivity index (χ2n) is 5.04. The molecular weight excluding hydrogens is 198 g/mol. The minimum atomic E-state index is -1.46. The van der Waals surface area contributed by atoms with Crippen molar-refractivity contribution in [2.75, 3.05) is 0 Å². The van der Waals surface area contributed by atoms with Gasteiger partial charge in [0, 0.05) is 5.41 Å². The fourth-order valence-electron chi connectivity index (χ4n) is 2.31. The first-order valence-electron chi connectivity index (χ1n) is 4.85.